The third-order valence-corrected chi connectivity index (χ3v) is 2.74. The summed E-state index contributed by atoms with van der Waals surface area (Å²) < 4.78 is 6.85. The van der Waals surface area contributed by atoms with E-state index < -0.39 is 0 Å². The van der Waals surface area contributed by atoms with Crippen molar-refractivity contribution in [2.75, 3.05) is 7.11 Å². The van der Waals surface area contributed by atoms with E-state index in [4.69, 9.17) is 4.74 Å². The Balaban J connectivity index is 2.28. The fourth-order valence-corrected chi connectivity index (χ4v) is 1.70. The Labute approximate surface area is 102 Å². The van der Waals surface area contributed by atoms with Gasteiger partial charge >= 0.3 is 0 Å². The number of nitrogens with zero attached hydrogens (tertiary/aromatic N) is 3. The fraction of sp³-hybridized carbons (Fsp3) is 0.273. The van der Waals surface area contributed by atoms with Crippen LogP contribution in [0.15, 0.2) is 30.5 Å². The molecule has 0 N–H and O–H groups in total. The highest BCUT2D eigenvalue weighted by Gasteiger charge is 2.02. The molecule has 0 unspecified atom stereocenters. The fourth-order valence-electron chi connectivity index (χ4n) is 1.44. The predicted molar refractivity (Wildman–Crippen MR) is 64.7 cm³/mol. The highest BCUT2D eigenvalue weighted by Crippen LogP contribution is 2.11. The van der Waals surface area contributed by atoms with Crippen molar-refractivity contribution in [3.05, 3.63) is 41.7 Å². The van der Waals surface area contributed by atoms with Gasteiger partial charge in [-0.1, -0.05) is 33.3 Å². The minimum Gasteiger partial charge on any atom is -0.380 e. The molecule has 2 aromatic rings. The van der Waals surface area contributed by atoms with Crippen LogP contribution in [-0.2, 0) is 16.7 Å². The van der Waals surface area contributed by atoms with Crippen LogP contribution < -0.4 is 0 Å². The SMILES string of the molecule is COCc1cccc(-n2cc(CBr)nn2)c1. The summed E-state index contributed by atoms with van der Waals surface area (Å²) in [5, 5.41) is 8.79. The normalized spacial score (nSPS) is 10.6. The summed E-state index contributed by atoms with van der Waals surface area (Å²) >= 11 is 3.35. The molecule has 0 spiro atoms. The van der Waals surface area contributed by atoms with Crippen molar-refractivity contribution in [2.45, 2.75) is 11.9 Å². The van der Waals surface area contributed by atoms with Gasteiger partial charge in [-0.15, -0.1) is 5.10 Å². The zero-order chi connectivity index (χ0) is 11.4. The molecular weight excluding hydrogens is 270 g/mol. The molecule has 84 valence electrons. The van der Waals surface area contributed by atoms with E-state index in [1.807, 2.05) is 30.5 Å². The lowest BCUT2D eigenvalue weighted by Crippen LogP contribution is -1.96. The average Bonchev–Trinajstić information content (AvgIpc) is 2.78. The first-order chi connectivity index (χ1) is 7.83. The molecule has 16 heavy (non-hydrogen) atoms. The molecule has 0 saturated carbocycles. The number of ether oxygens (including phenoxy) is 1. The van der Waals surface area contributed by atoms with E-state index in [0.29, 0.717) is 11.9 Å². The Morgan fingerprint density at radius 2 is 2.31 bits per heavy atom. The van der Waals surface area contributed by atoms with Crippen LogP contribution in [-0.4, -0.2) is 22.1 Å². The van der Waals surface area contributed by atoms with E-state index in [-0.39, 0.29) is 0 Å². The number of benzene rings is 1. The number of halogens is 1. The molecule has 0 aliphatic carbocycles. The van der Waals surface area contributed by atoms with Crippen molar-refractivity contribution in [1.29, 1.82) is 0 Å². The molecule has 0 fully saturated rings. The van der Waals surface area contributed by atoms with Gasteiger partial charge < -0.3 is 4.74 Å². The van der Waals surface area contributed by atoms with Crippen LogP contribution in [0.2, 0.25) is 0 Å². The Kier molecular flexibility index (Phi) is 3.69. The first kappa shape index (κ1) is 11.3. The van der Waals surface area contributed by atoms with Gasteiger partial charge in [-0.3, -0.25) is 0 Å². The maximum atomic E-state index is 5.09. The molecule has 5 heteroatoms. The molecular formula is C11H12BrN3O. The van der Waals surface area contributed by atoms with E-state index in [1.165, 1.54) is 0 Å². The first-order valence-electron chi connectivity index (χ1n) is 4.89. The van der Waals surface area contributed by atoms with Gasteiger partial charge in [0.15, 0.2) is 0 Å². The molecule has 2 rings (SSSR count). The number of alkyl halides is 1. The molecule has 0 aliphatic heterocycles. The topological polar surface area (TPSA) is 39.9 Å². The number of hydrogen-bond acceptors (Lipinski definition) is 3. The molecule has 1 aromatic heterocycles. The summed E-state index contributed by atoms with van der Waals surface area (Å²) in [6.45, 7) is 0.605. The minimum atomic E-state index is 0.605. The van der Waals surface area contributed by atoms with Crippen LogP contribution >= 0.6 is 15.9 Å². The molecule has 0 aliphatic rings. The second kappa shape index (κ2) is 5.23. The zero-order valence-corrected chi connectivity index (χ0v) is 10.5. The highest BCUT2D eigenvalue weighted by atomic mass is 79.9. The zero-order valence-electron chi connectivity index (χ0n) is 8.93. The van der Waals surface area contributed by atoms with Crippen molar-refractivity contribution >= 4 is 15.9 Å². The van der Waals surface area contributed by atoms with Gasteiger partial charge in [-0.2, -0.15) is 0 Å². The van der Waals surface area contributed by atoms with Gasteiger partial charge in [-0.25, -0.2) is 4.68 Å². The largest absolute Gasteiger partial charge is 0.380 e. The monoisotopic (exact) mass is 281 g/mol. The van der Waals surface area contributed by atoms with Crippen molar-refractivity contribution in [2.24, 2.45) is 0 Å². The molecule has 0 bridgehead atoms. The van der Waals surface area contributed by atoms with Crippen LogP contribution in [0.5, 0.6) is 0 Å². The van der Waals surface area contributed by atoms with Crippen LogP contribution in [0.1, 0.15) is 11.3 Å². The predicted octanol–water partition coefficient (Wildman–Crippen LogP) is 2.31. The van der Waals surface area contributed by atoms with E-state index in [9.17, 15) is 0 Å². The molecule has 1 aromatic carbocycles. The van der Waals surface area contributed by atoms with Crippen molar-refractivity contribution in [3.8, 4) is 5.69 Å². The van der Waals surface area contributed by atoms with Crippen LogP contribution in [0.4, 0.5) is 0 Å². The number of rotatable bonds is 4. The van der Waals surface area contributed by atoms with Gasteiger partial charge in [-0.05, 0) is 17.7 Å². The van der Waals surface area contributed by atoms with Crippen molar-refractivity contribution in [1.82, 2.24) is 15.0 Å². The van der Waals surface area contributed by atoms with E-state index >= 15 is 0 Å². The maximum absolute atomic E-state index is 5.09. The average molecular weight is 282 g/mol. The molecule has 4 nitrogen and oxygen atoms in total. The molecule has 0 saturated heterocycles. The summed E-state index contributed by atoms with van der Waals surface area (Å²) in [6.07, 6.45) is 1.90. The summed E-state index contributed by atoms with van der Waals surface area (Å²) in [7, 11) is 1.69. The second-order valence-corrected chi connectivity index (χ2v) is 3.95. The Morgan fingerprint density at radius 3 is 3.00 bits per heavy atom. The maximum Gasteiger partial charge on any atom is 0.0937 e. The standard InChI is InChI=1S/C11H12BrN3O/c1-16-8-9-3-2-4-11(5-9)15-7-10(6-12)13-14-15/h2-5,7H,6,8H2,1H3. The summed E-state index contributed by atoms with van der Waals surface area (Å²) in [4.78, 5) is 0. The van der Waals surface area contributed by atoms with Gasteiger partial charge in [0, 0.05) is 12.4 Å². The molecule has 0 amide bonds. The van der Waals surface area contributed by atoms with E-state index in [1.54, 1.807) is 11.8 Å². The lowest BCUT2D eigenvalue weighted by atomic mass is 10.2. The Hall–Kier alpha value is -1.20. The molecule has 0 radical (unpaired) electrons. The summed E-state index contributed by atoms with van der Waals surface area (Å²) in [5.41, 5.74) is 3.03. The third kappa shape index (κ3) is 2.48. The van der Waals surface area contributed by atoms with E-state index in [2.05, 4.69) is 26.2 Å². The van der Waals surface area contributed by atoms with Gasteiger partial charge in [0.2, 0.25) is 0 Å². The second-order valence-electron chi connectivity index (χ2n) is 3.39. The van der Waals surface area contributed by atoms with Gasteiger partial charge in [0.1, 0.15) is 0 Å². The third-order valence-electron chi connectivity index (χ3n) is 2.16. The summed E-state index contributed by atoms with van der Waals surface area (Å²) in [6, 6.07) is 8.04. The Morgan fingerprint density at radius 1 is 1.44 bits per heavy atom. The molecule has 1 heterocycles. The lowest BCUT2D eigenvalue weighted by Gasteiger charge is -2.03. The van der Waals surface area contributed by atoms with Crippen LogP contribution in [0.3, 0.4) is 0 Å². The van der Waals surface area contributed by atoms with Crippen LogP contribution in [0.25, 0.3) is 5.69 Å². The Bertz CT molecular complexity index is 470. The minimum absolute atomic E-state index is 0.605. The van der Waals surface area contributed by atoms with Gasteiger partial charge in [0.25, 0.3) is 0 Å². The van der Waals surface area contributed by atoms with Crippen LogP contribution in [0, 0.1) is 0 Å². The smallest absolute Gasteiger partial charge is 0.0937 e. The number of hydrogen-bond donors (Lipinski definition) is 0. The van der Waals surface area contributed by atoms with Crippen molar-refractivity contribution in [3.63, 3.8) is 0 Å². The lowest BCUT2D eigenvalue weighted by molar-refractivity contribution is 0.185. The number of methoxy groups -OCH3 is 1. The van der Waals surface area contributed by atoms with Crippen molar-refractivity contribution < 1.29 is 4.74 Å². The quantitative estimate of drug-likeness (QED) is 0.808. The molecule has 0 atom stereocenters. The van der Waals surface area contributed by atoms with Gasteiger partial charge in [0.05, 0.1) is 24.2 Å². The highest BCUT2D eigenvalue weighted by molar-refractivity contribution is 9.08. The number of aromatic nitrogens is 3. The first-order valence-corrected chi connectivity index (χ1v) is 6.01. The van der Waals surface area contributed by atoms with E-state index in [0.717, 1.165) is 16.9 Å². The summed E-state index contributed by atoms with van der Waals surface area (Å²) in [5.74, 6) is 0.